The van der Waals surface area contributed by atoms with E-state index in [0.717, 1.165) is 5.56 Å². The highest BCUT2D eigenvalue weighted by molar-refractivity contribution is 5.94. The van der Waals surface area contributed by atoms with E-state index in [2.05, 4.69) is 11.9 Å². The van der Waals surface area contributed by atoms with E-state index in [0.29, 0.717) is 30.9 Å². The highest BCUT2D eigenvalue weighted by Gasteiger charge is 2.05. The van der Waals surface area contributed by atoms with Crippen LogP contribution in [0.15, 0.2) is 61.2 Å². The SMILES string of the molecule is C=CCOc1ccc(C(=O)NCCc2ccc(F)cc2)cc1. The Kier molecular flexibility index (Phi) is 5.72. The van der Waals surface area contributed by atoms with Crippen LogP contribution in [0.4, 0.5) is 4.39 Å². The van der Waals surface area contributed by atoms with Crippen LogP contribution in [0.5, 0.6) is 5.75 Å². The Morgan fingerprint density at radius 2 is 1.82 bits per heavy atom. The smallest absolute Gasteiger partial charge is 0.251 e. The highest BCUT2D eigenvalue weighted by Crippen LogP contribution is 2.12. The molecular weight excluding hydrogens is 281 g/mol. The van der Waals surface area contributed by atoms with Gasteiger partial charge in [-0.1, -0.05) is 24.8 Å². The molecule has 3 nitrogen and oxygen atoms in total. The maximum absolute atomic E-state index is 12.8. The number of hydrogen-bond donors (Lipinski definition) is 1. The summed E-state index contributed by atoms with van der Waals surface area (Å²) in [6.07, 6.45) is 2.32. The van der Waals surface area contributed by atoms with Crippen molar-refractivity contribution in [2.45, 2.75) is 6.42 Å². The first-order valence-corrected chi connectivity index (χ1v) is 7.05. The third-order valence-corrected chi connectivity index (χ3v) is 3.10. The Labute approximate surface area is 129 Å². The van der Waals surface area contributed by atoms with Crippen LogP contribution in [-0.4, -0.2) is 19.1 Å². The molecule has 0 atom stereocenters. The molecule has 22 heavy (non-hydrogen) atoms. The molecule has 0 bridgehead atoms. The largest absolute Gasteiger partial charge is 0.490 e. The second-order valence-electron chi connectivity index (χ2n) is 4.76. The number of nitrogens with one attached hydrogen (secondary N) is 1. The number of halogens is 1. The van der Waals surface area contributed by atoms with Crippen molar-refractivity contribution in [2.24, 2.45) is 0 Å². The van der Waals surface area contributed by atoms with Crippen molar-refractivity contribution >= 4 is 5.91 Å². The lowest BCUT2D eigenvalue weighted by molar-refractivity contribution is 0.0954. The lowest BCUT2D eigenvalue weighted by atomic mass is 10.1. The first kappa shape index (κ1) is 15.8. The Balaban J connectivity index is 1.81. The maximum atomic E-state index is 12.8. The molecule has 0 saturated carbocycles. The molecule has 0 heterocycles. The quantitative estimate of drug-likeness (QED) is 0.796. The number of amides is 1. The summed E-state index contributed by atoms with van der Waals surface area (Å²) in [6.45, 7) is 4.51. The fourth-order valence-electron chi connectivity index (χ4n) is 1.93. The summed E-state index contributed by atoms with van der Waals surface area (Å²) in [5, 5.41) is 2.84. The van der Waals surface area contributed by atoms with E-state index >= 15 is 0 Å². The fraction of sp³-hybridized carbons (Fsp3) is 0.167. The molecule has 2 rings (SSSR count). The van der Waals surface area contributed by atoms with E-state index in [1.807, 2.05) is 0 Å². The van der Waals surface area contributed by atoms with Gasteiger partial charge in [0.1, 0.15) is 18.2 Å². The molecule has 0 radical (unpaired) electrons. The van der Waals surface area contributed by atoms with Crippen LogP contribution in [0, 0.1) is 5.82 Å². The summed E-state index contributed by atoms with van der Waals surface area (Å²) in [7, 11) is 0. The Hall–Kier alpha value is -2.62. The van der Waals surface area contributed by atoms with Gasteiger partial charge in [-0.3, -0.25) is 4.79 Å². The molecule has 1 N–H and O–H groups in total. The minimum atomic E-state index is -0.258. The summed E-state index contributed by atoms with van der Waals surface area (Å²) >= 11 is 0. The molecule has 0 unspecified atom stereocenters. The van der Waals surface area contributed by atoms with Gasteiger partial charge in [0.2, 0.25) is 0 Å². The number of hydrogen-bond acceptors (Lipinski definition) is 2. The molecule has 0 aromatic heterocycles. The summed E-state index contributed by atoms with van der Waals surface area (Å²) in [6, 6.07) is 13.2. The van der Waals surface area contributed by atoms with E-state index in [4.69, 9.17) is 4.74 Å². The Bertz CT molecular complexity index is 621. The van der Waals surface area contributed by atoms with E-state index in [-0.39, 0.29) is 11.7 Å². The number of rotatable bonds is 7. The van der Waals surface area contributed by atoms with Gasteiger partial charge >= 0.3 is 0 Å². The molecule has 0 aliphatic carbocycles. The topological polar surface area (TPSA) is 38.3 Å². The maximum Gasteiger partial charge on any atom is 0.251 e. The van der Waals surface area contributed by atoms with Crippen molar-refractivity contribution < 1.29 is 13.9 Å². The van der Waals surface area contributed by atoms with E-state index in [9.17, 15) is 9.18 Å². The number of ether oxygens (including phenoxy) is 1. The van der Waals surface area contributed by atoms with Crippen LogP contribution < -0.4 is 10.1 Å². The Morgan fingerprint density at radius 1 is 1.14 bits per heavy atom. The fourth-order valence-corrected chi connectivity index (χ4v) is 1.93. The normalized spacial score (nSPS) is 10.0. The van der Waals surface area contributed by atoms with Crippen molar-refractivity contribution in [2.75, 3.05) is 13.2 Å². The number of benzene rings is 2. The third-order valence-electron chi connectivity index (χ3n) is 3.10. The van der Waals surface area contributed by atoms with Crippen molar-refractivity contribution in [1.82, 2.24) is 5.32 Å². The monoisotopic (exact) mass is 299 g/mol. The zero-order valence-corrected chi connectivity index (χ0v) is 12.2. The van der Waals surface area contributed by atoms with Crippen LogP contribution in [-0.2, 0) is 6.42 Å². The van der Waals surface area contributed by atoms with E-state index < -0.39 is 0 Å². The molecule has 2 aromatic rings. The van der Waals surface area contributed by atoms with Gasteiger partial charge in [-0.15, -0.1) is 0 Å². The van der Waals surface area contributed by atoms with Gasteiger partial charge in [-0.25, -0.2) is 4.39 Å². The van der Waals surface area contributed by atoms with Gasteiger partial charge in [-0.05, 0) is 48.4 Å². The molecule has 2 aromatic carbocycles. The van der Waals surface area contributed by atoms with Crippen molar-refractivity contribution in [3.8, 4) is 5.75 Å². The predicted molar refractivity (Wildman–Crippen MR) is 84.6 cm³/mol. The highest BCUT2D eigenvalue weighted by atomic mass is 19.1. The zero-order valence-electron chi connectivity index (χ0n) is 12.2. The zero-order chi connectivity index (χ0) is 15.8. The van der Waals surface area contributed by atoms with Crippen LogP contribution in [0.2, 0.25) is 0 Å². The predicted octanol–water partition coefficient (Wildman–Crippen LogP) is 3.36. The molecule has 0 aliphatic rings. The molecular formula is C18H18FNO2. The molecule has 1 amide bonds. The van der Waals surface area contributed by atoms with Gasteiger partial charge in [0.15, 0.2) is 0 Å². The first-order valence-electron chi connectivity index (χ1n) is 7.05. The van der Waals surface area contributed by atoms with Gasteiger partial charge < -0.3 is 10.1 Å². The minimum Gasteiger partial charge on any atom is -0.490 e. The lowest BCUT2D eigenvalue weighted by Crippen LogP contribution is -2.25. The molecule has 114 valence electrons. The van der Waals surface area contributed by atoms with Gasteiger partial charge in [-0.2, -0.15) is 0 Å². The van der Waals surface area contributed by atoms with Gasteiger partial charge in [0, 0.05) is 12.1 Å². The van der Waals surface area contributed by atoms with Crippen LogP contribution in [0.3, 0.4) is 0 Å². The molecule has 0 spiro atoms. The van der Waals surface area contributed by atoms with E-state index in [1.54, 1.807) is 42.5 Å². The van der Waals surface area contributed by atoms with Crippen LogP contribution in [0.1, 0.15) is 15.9 Å². The second kappa shape index (κ2) is 7.98. The standard InChI is InChI=1S/C18H18FNO2/c1-2-13-22-17-9-5-15(6-10-17)18(21)20-12-11-14-3-7-16(19)8-4-14/h2-10H,1,11-13H2,(H,20,21). The van der Waals surface area contributed by atoms with Crippen LogP contribution >= 0.6 is 0 Å². The van der Waals surface area contributed by atoms with Gasteiger partial charge in [0.05, 0.1) is 0 Å². The van der Waals surface area contributed by atoms with Crippen molar-refractivity contribution in [3.05, 3.63) is 78.1 Å². The summed E-state index contributed by atoms with van der Waals surface area (Å²) < 4.78 is 18.1. The first-order chi connectivity index (χ1) is 10.7. The van der Waals surface area contributed by atoms with E-state index in [1.165, 1.54) is 12.1 Å². The van der Waals surface area contributed by atoms with Gasteiger partial charge in [0.25, 0.3) is 5.91 Å². The molecule has 4 heteroatoms. The van der Waals surface area contributed by atoms with Crippen LogP contribution in [0.25, 0.3) is 0 Å². The lowest BCUT2D eigenvalue weighted by Gasteiger charge is -2.07. The minimum absolute atomic E-state index is 0.141. The van der Waals surface area contributed by atoms with Crippen molar-refractivity contribution in [1.29, 1.82) is 0 Å². The molecule has 0 aliphatic heterocycles. The third kappa shape index (κ3) is 4.74. The molecule has 0 fully saturated rings. The summed E-state index contributed by atoms with van der Waals surface area (Å²) in [5.74, 6) is 0.298. The molecule has 0 saturated heterocycles. The average Bonchev–Trinajstić information content (AvgIpc) is 2.55. The number of carbonyl (C=O) groups is 1. The Morgan fingerprint density at radius 3 is 2.45 bits per heavy atom. The average molecular weight is 299 g/mol. The summed E-state index contributed by atoms with van der Waals surface area (Å²) in [5.41, 5.74) is 1.56. The number of carbonyl (C=O) groups excluding carboxylic acids is 1. The summed E-state index contributed by atoms with van der Waals surface area (Å²) in [4.78, 5) is 12.0. The van der Waals surface area contributed by atoms with Crippen molar-refractivity contribution in [3.63, 3.8) is 0 Å². The second-order valence-corrected chi connectivity index (χ2v) is 4.76.